The summed E-state index contributed by atoms with van der Waals surface area (Å²) in [6.07, 6.45) is 0.385. The third-order valence-electron chi connectivity index (χ3n) is 3.68. The van der Waals surface area contributed by atoms with E-state index in [-0.39, 0.29) is 18.1 Å². The molecule has 5 nitrogen and oxygen atoms in total. The van der Waals surface area contributed by atoms with Gasteiger partial charge in [-0.2, -0.15) is 4.98 Å². The molecule has 0 amide bonds. The largest absolute Gasteiger partial charge is 0.374 e. The first kappa shape index (κ1) is 13.5. The van der Waals surface area contributed by atoms with Gasteiger partial charge in [-0.1, -0.05) is 25.9 Å². The lowest BCUT2D eigenvalue weighted by Crippen LogP contribution is -2.22. The Balaban J connectivity index is 2.05. The Bertz CT molecular complexity index is 391. The van der Waals surface area contributed by atoms with Gasteiger partial charge in [0.1, 0.15) is 0 Å². The van der Waals surface area contributed by atoms with E-state index >= 15 is 0 Å². The quantitative estimate of drug-likeness (QED) is 0.890. The average molecular weight is 253 g/mol. The number of hydrogen-bond acceptors (Lipinski definition) is 5. The molecule has 1 aromatic heterocycles. The van der Waals surface area contributed by atoms with Crippen molar-refractivity contribution in [3.63, 3.8) is 0 Å². The van der Waals surface area contributed by atoms with Gasteiger partial charge < -0.3 is 14.6 Å². The van der Waals surface area contributed by atoms with Gasteiger partial charge in [0.15, 0.2) is 5.82 Å². The Labute approximate surface area is 108 Å². The zero-order valence-corrected chi connectivity index (χ0v) is 11.8. The third-order valence-corrected chi connectivity index (χ3v) is 3.68. The summed E-state index contributed by atoms with van der Waals surface area (Å²) in [5.74, 6) is 2.05. The topological polar surface area (TPSA) is 60.2 Å². The zero-order chi connectivity index (χ0) is 13.3. The maximum Gasteiger partial charge on any atom is 0.232 e. The lowest BCUT2D eigenvalue weighted by atomic mass is 9.89. The lowest BCUT2D eigenvalue weighted by Gasteiger charge is -2.12. The van der Waals surface area contributed by atoms with E-state index in [2.05, 4.69) is 50.1 Å². The average Bonchev–Trinajstić information content (AvgIpc) is 2.83. The molecule has 5 heteroatoms. The van der Waals surface area contributed by atoms with Crippen molar-refractivity contribution in [1.29, 1.82) is 0 Å². The number of aromatic nitrogens is 2. The fourth-order valence-electron chi connectivity index (χ4n) is 2.46. The molecular formula is C13H23N3O2. The van der Waals surface area contributed by atoms with Crippen molar-refractivity contribution in [1.82, 2.24) is 15.5 Å². The van der Waals surface area contributed by atoms with E-state index in [1.165, 1.54) is 0 Å². The maximum atomic E-state index is 5.80. The summed E-state index contributed by atoms with van der Waals surface area (Å²) in [7, 11) is 0. The molecule has 0 saturated carbocycles. The molecule has 0 spiro atoms. The highest BCUT2D eigenvalue weighted by Gasteiger charge is 2.41. The summed E-state index contributed by atoms with van der Waals surface area (Å²) in [6.45, 7) is 11.2. The van der Waals surface area contributed by atoms with Gasteiger partial charge in [0, 0.05) is 6.04 Å². The van der Waals surface area contributed by atoms with Gasteiger partial charge in [-0.3, -0.25) is 0 Å². The number of nitrogens with one attached hydrogen (secondary N) is 1. The normalized spacial score (nSPS) is 32.3. The number of rotatable bonds is 4. The van der Waals surface area contributed by atoms with Crippen molar-refractivity contribution in [2.75, 3.05) is 0 Å². The predicted molar refractivity (Wildman–Crippen MR) is 68.2 cm³/mol. The molecule has 4 unspecified atom stereocenters. The van der Waals surface area contributed by atoms with Gasteiger partial charge in [0.25, 0.3) is 0 Å². The van der Waals surface area contributed by atoms with Gasteiger partial charge in [0.2, 0.25) is 5.89 Å². The molecule has 0 radical (unpaired) electrons. The zero-order valence-electron chi connectivity index (χ0n) is 11.8. The number of nitrogens with zero attached hydrogens (tertiary/aromatic N) is 2. The van der Waals surface area contributed by atoms with Crippen molar-refractivity contribution in [2.45, 2.75) is 65.3 Å². The predicted octanol–water partition coefficient (Wildman–Crippen LogP) is 2.09. The second-order valence-corrected chi connectivity index (χ2v) is 5.52. The van der Waals surface area contributed by atoms with Crippen molar-refractivity contribution in [3.8, 4) is 0 Å². The monoisotopic (exact) mass is 253 g/mol. The Morgan fingerprint density at radius 3 is 2.50 bits per heavy atom. The summed E-state index contributed by atoms with van der Waals surface area (Å²) in [5, 5.41) is 7.30. The Kier molecular flexibility index (Phi) is 4.02. The van der Waals surface area contributed by atoms with Crippen LogP contribution in [0, 0.1) is 5.92 Å². The highest BCUT2D eigenvalue weighted by atomic mass is 16.5. The molecule has 18 heavy (non-hydrogen) atoms. The summed E-state index contributed by atoms with van der Waals surface area (Å²) in [5.41, 5.74) is 0. The Hall–Kier alpha value is -0.940. The Morgan fingerprint density at radius 1 is 1.22 bits per heavy atom. The van der Waals surface area contributed by atoms with Crippen LogP contribution in [0.25, 0.3) is 0 Å². The molecule has 1 aliphatic heterocycles. The highest BCUT2D eigenvalue weighted by Crippen LogP contribution is 2.38. The second-order valence-electron chi connectivity index (χ2n) is 5.52. The van der Waals surface area contributed by atoms with Crippen LogP contribution in [0.5, 0.6) is 0 Å². The van der Waals surface area contributed by atoms with Crippen LogP contribution in [0.2, 0.25) is 0 Å². The minimum atomic E-state index is 0.140. The van der Waals surface area contributed by atoms with Crippen LogP contribution >= 0.6 is 0 Å². The third kappa shape index (κ3) is 2.72. The summed E-state index contributed by atoms with van der Waals surface area (Å²) >= 11 is 0. The van der Waals surface area contributed by atoms with Crippen LogP contribution in [0.1, 0.15) is 52.3 Å². The van der Waals surface area contributed by atoms with E-state index in [0.717, 1.165) is 5.82 Å². The van der Waals surface area contributed by atoms with E-state index in [1.807, 2.05) is 0 Å². The van der Waals surface area contributed by atoms with Crippen molar-refractivity contribution in [2.24, 2.45) is 5.92 Å². The van der Waals surface area contributed by atoms with E-state index < -0.39 is 0 Å². The van der Waals surface area contributed by atoms with Crippen LogP contribution in [-0.4, -0.2) is 28.4 Å². The van der Waals surface area contributed by atoms with E-state index in [4.69, 9.17) is 9.26 Å². The van der Waals surface area contributed by atoms with Crippen molar-refractivity contribution >= 4 is 0 Å². The number of ether oxygens (including phenoxy) is 1. The molecule has 102 valence electrons. The summed E-state index contributed by atoms with van der Waals surface area (Å²) in [6, 6.07) is 0.416. The molecule has 1 N–H and O–H groups in total. The van der Waals surface area contributed by atoms with Gasteiger partial charge >= 0.3 is 0 Å². The first-order valence-corrected chi connectivity index (χ1v) is 6.70. The molecule has 0 bridgehead atoms. The van der Waals surface area contributed by atoms with Crippen LogP contribution < -0.4 is 5.32 Å². The van der Waals surface area contributed by atoms with Crippen molar-refractivity contribution in [3.05, 3.63) is 11.7 Å². The van der Waals surface area contributed by atoms with E-state index in [1.54, 1.807) is 0 Å². The van der Waals surface area contributed by atoms with Gasteiger partial charge in [-0.15, -0.1) is 0 Å². The molecule has 1 aromatic rings. The van der Waals surface area contributed by atoms with Crippen LogP contribution in [0.3, 0.4) is 0 Å². The van der Waals surface area contributed by atoms with Crippen LogP contribution in [0.15, 0.2) is 4.52 Å². The summed E-state index contributed by atoms with van der Waals surface area (Å²) < 4.78 is 11.2. The first-order valence-electron chi connectivity index (χ1n) is 6.70. The van der Waals surface area contributed by atoms with Gasteiger partial charge in [-0.05, 0) is 19.8 Å². The van der Waals surface area contributed by atoms with E-state index in [0.29, 0.717) is 24.4 Å². The minimum Gasteiger partial charge on any atom is -0.374 e. The van der Waals surface area contributed by atoms with Crippen molar-refractivity contribution < 1.29 is 9.26 Å². The molecule has 4 atom stereocenters. The molecule has 2 rings (SSSR count). The standard InChI is InChI=1S/C13H23N3O2/c1-7(2)14-6-11-15-13(18-16-11)12-8(3)9(4)17-10(12)5/h7-10,12,14H,6H2,1-5H3. The minimum absolute atomic E-state index is 0.140. The van der Waals surface area contributed by atoms with Gasteiger partial charge in [-0.25, -0.2) is 0 Å². The molecule has 1 aliphatic rings. The van der Waals surface area contributed by atoms with Crippen LogP contribution in [0.4, 0.5) is 0 Å². The fourth-order valence-corrected chi connectivity index (χ4v) is 2.46. The van der Waals surface area contributed by atoms with Crippen LogP contribution in [-0.2, 0) is 11.3 Å². The highest BCUT2D eigenvalue weighted by molar-refractivity contribution is 5.03. The lowest BCUT2D eigenvalue weighted by molar-refractivity contribution is 0.0542. The number of hydrogen-bond donors (Lipinski definition) is 1. The first-order chi connectivity index (χ1) is 8.49. The second kappa shape index (κ2) is 5.36. The van der Waals surface area contributed by atoms with Gasteiger partial charge in [0.05, 0.1) is 24.7 Å². The smallest absolute Gasteiger partial charge is 0.232 e. The van der Waals surface area contributed by atoms with E-state index in [9.17, 15) is 0 Å². The molecule has 0 aliphatic carbocycles. The summed E-state index contributed by atoms with van der Waals surface area (Å²) in [4.78, 5) is 4.48. The maximum absolute atomic E-state index is 5.80. The fraction of sp³-hybridized carbons (Fsp3) is 0.846. The molecule has 1 fully saturated rings. The SMILES string of the molecule is CC(C)NCc1noc(C2C(C)OC(C)C2C)n1. The molecule has 0 aromatic carbocycles. The molecular weight excluding hydrogens is 230 g/mol. The Morgan fingerprint density at radius 2 is 1.94 bits per heavy atom. The molecule has 2 heterocycles. The molecule has 1 saturated heterocycles.